The van der Waals surface area contributed by atoms with Crippen molar-refractivity contribution in [1.82, 2.24) is 0 Å². The van der Waals surface area contributed by atoms with Crippen molar-refractivity contribution in [3.8, 4) is 0 Å². The van der Waals surface area contributed by atoms with Gasteiger partial charge in [0.25, 0.3) is 5.69 Å². The van der Waals surface area contributed by atoms with E-state index in [1.54, 1.807) is 19.1 Å². The van der Waals surface area contributed by atoms with E-state index >= 15 is 0 Å². The Morgan fingerprint density at radius 1 is 1.50 bits per heavy atom. The average molecular weight is 223 g/mol. The van der Waals surface area contributed by atoms with Crippen LogP contribution >= 0.6 is 0 Å². The van der Waals surface area contributed by atoms with Gasteiger partial charge < -0.3 is 10.6 Å². The summed E-state index contributed by atoms with van der Waals surface area (Å²) in [6, 6.07) is 5.35. The summed E-state index contributed by atoms with van der Waals surface area (Å²) in [5.41, 5.74) is 7.00. The van der Waals surface area contributed by atoms with Crippen LogP contribution in [0.15, 0.2) is 18.2 Å². The Balaban J connectivity index is 3.20. The maximum atomic E-state index is 11.0. The number of rotatable bonds is 5. The molecular weight excluding hydrogens is 206 g/mol. The molecule has 0 radical (unpaired) electrons. The molecule has 5 heteroatoms. The zero-order valence-corrected chi connectivity index (χ0v) is 9.64. The van der Waals surface area contributed by atoms with Gasteiger partial charge in [-0.1, -0.05) is 12.1 Å². The van der Waals surface area contributed by atoms with Gasteiger partial charge in [-0.3, -0.25) is 10.1 Å². The molecule has 0 saturated carbocycles. The topological polar surface area (TPSA) is 72.4 Å². The third-order valence-electron chi connectivity index (χ3n) is 2.52. The van der Waals surface area contributed by atoms with E-state index in [1.165, 1.54) is 0 Å². The second-order valence-electron chi connectivity index (χ2n) is 3.57. The van der Waals surface area contributed by atoms with Crippen LogP contribution in [0.5, 0.6) is 0 Å². The van der Waals surface area contributed by atoms with E-state index in [0.717, 1.165) is 0 Å². The van der Waals surface area contributed by atoms with Crippen LogP contribution < -0.4 is 10.6 Å². The predicted octanol–water partition coefficient (Wildman–Crippen LogP) is 1.69. The highest BCUT2D eigenvalue weighted by Gasteiger charge is 2.20. The number of nitro groups is 1. The van der Waals surface area contributed by atoms with E-state index in [-0.39, 0.29) is 10.6 Å². The summed E-state index contributed by atoms with van der Waals surface area (Å²) in [6.07, 6.45) is 0. The van der Waals surface area contributed by atoms with E-state index in [1.807, 2.05) is 17.9 Å². The van der Waals surface area contributed by atoms with Gasteiger partial charge in [-0.05, 0) is 19.9 Å². The van der Waals surface area contributed by atoms with Crippen LogP contribution in [0.2, 0.25) is 0 Å². The molecule has 16 heavy (non-hydrogen) atoms. The third kappa shape index (κ3) is 2.49. The second kappa shape index (κ2) is 5.46. The largest absolute Gasteiger partial charge is 0.365 e. The van der Waals surface area contributed by atoms with Crippen LogP contribution in [0.25, 0.3) is 0 Å². The molecule has 0 aliphatic rings. The van der Waals surface area contributed by atoms with E-state index < -0.39 is 0 Å². The van der Waals surface area contributed by atoms with Crippen molar-refractivity contribution in [3.63, 3.8) is 0 Å². The average Bonchev–Trinajstić information content (AvgIpc) is 2.25. The minimum Gasteiger partial charge on any atom is -0.365 e. The minimum absolute atomic E-state index is 0.179. The molecule has 5 nitrogen and oxygen atoms in total. The van der Waals surface area contributed by atoms with Crippen molar-refractivity contribution in [2.45, 2.75) is 13.8 Å². The van der Waals surface area contributed by atoms with Gasteiger partial charge in [0.1, 0.15) is 5.69 Å². The smallest absolute Gasteiger partial charge is 0.295 e. The normalized spacial score (nSPS) is 10.2. The molecule has 0 bridgehead atoms. The highest BCUT2D eigenvalue weighted by molar-refractivity contribution is 5.66. The van der Waals surface area contributed by atoms with Crippen LogP contribution in [0.1, 0.15) is 12.5 Å². The number of anilines is 1. The van der Waals surface area contributed by atoms with Crippen molar-refractivity contribution in [2.24, 2.45) is 5.73 Å². The monoisotopic (exact) mass is 223 g/mol. The molecule has 0 unspecified atom stereocenters. The van der Waals surface area contributed by atoms with Crippen molar-refractivity contribution in [1.29, 1.82) is 0 Å². The summed E-state index contributed by atoms with van der Waals surface area (Å²) >= 11 is 0. The first-order chi connectivity index (χ1) is 7.61. The van der Waals surface area contributed by atoms with E-state index in [0.29, 0.717) is 30.9 Å². The van der Waals surface area contributed by atoms with E-state index in [4.69, 9.17) is 5.73 Å². The summed E-state index contributed by atoms with van der Waals surface area (Å²) in [7, 11) is 0. The number of hydrogen-bond donors (Lipinski definition) is 1. The highest BCUT2D eigenvalue weighted by Crippen LogP contribution is 2.30. The number of nitrogens with two attached hydrogens (primary N) is 1. The summed E-state index contributed by atoms with van der Waals surface area (Å²) in [6.45, 7) is 5.53. The van der Waals surface area contributed by atoms with Crippen molar-refractivity contribution >= 4 is 11.4 Å². The summed E-state index contributed by atoms with van der Waals surface area (Å²) in [5, 5.41) is 11.0. The predicted molar refractivity (Wildman–Crippen MR) is 64.8 cm³/mol. The van der Waals surface area contributed by atoms with Gasteiger partial charge in [0.15, 0.2) is 0 Å². The Bertz CT molecular complexity index is 379. The molecule has 1 aromatic rings. The Labute approximate surface area is 95.0 Å². The van der Waals surface area contributed by atoms with Crippen LogP contribution in [0, 0.1) is 17.0 Å². The maximum absolute atomic E-state index is 11.0. The van der Waals surface area contributed by atoms with Gasteiger partial charge in [-0.15, -0.1) is 0 Å². The Kier molecular flexibility index (Phi) is 4.25. The molecule has 0 spiro atoms. The Hall–Kier alpha value is -1.62. The standard InChI is InChI=1S/C11H17N3O2/c1-3-13(8-7-12)10-6-4-5-9(2)11(10)14(15)16/h4-6H,3,7-8,12H2,1-2H3. The molecule has 1 rings (SSSR count). The lowest BCUT2D eigenvalue weighted by atomic mass is 10.1. The second-order valence-corrected chi connectivity index (χ2v) is 3.57. The number of likely N-dealkylation sites (N-methyl/N-ethyl adjacent to an activating group) is 1. The molecule has 0 saturated heterocycles. The van der Waals surface area contributed by atoms with Crippen molar-refractivity contribution in [2.75, 3.05) is 24.5 Å². The summed E-state index contributed by atoms with van der Waals surface area (Å²) in [5.74, 6) is 0. The molecule has 0 amide bonds. The fraction of sp³-hybridized carbons (Fsp3) is 0.455. The molecule has 0 aromatic heterocycles. The number of hydrogen-bond acceptors (Lipinski definition) is 4. The van der Waals surface area contributed by atoms with Gasteiger partial charge in [-0.25, -0.2) is 0 Å². The first-order valence-corrected chi connectivity index (χ1v) is 5.30. The SMILES string of the molecule is CCN(CCN)c1cccc(C)c1[N+](=O)[O-]. The van der Waals surface area contributed by atoms with Gasteiger partial charge >= 0.3 is 0 Å². The Morgan fingerprint density at radius 3 is 2.69 bits per heavy atom. The molecule has 2 N–H and O–H groups in total. The molecule has 0 aliphatic heterocycles. The number of aryl methyl sites for hydroxylation is 1. The Morgan fingerprint density at radius 2 is 2.19 bits per heavy atom. The van der Waals surface area contributed by atoms with Crippen LogP contribution in [-0.4, -0.2) is 24.6 Å². The maximum Gasteiger partial charge on any atom is 0.295 e. The molecule has 88 valence electrons. The van der Waals surface area contributed by atoms with Crippen LogP contribution in [0.3, 0.4) is 0 Å². The zero-order chi connectivity index (χ0) is 12.1. The van der Waals surface area contributed by atoms with Crippen LogP contribution in [0.4, 0.5) is 11.4 Å². The zero-order valence-electron chi connectivity index (χ0n) is 9.64. The van der Waals surface area contributed by atoms with E-state index in [2.05, 4.69) is 0 Å². The van der Waals surface area contributed by atoms with Gasteiger partial charge in [0.05, 0.1) is 4.92 Å². The number of nitro benzene ring substituents is 1. The number of benzene rings is 1. The number of nitrogens with zero attached hydrogens (tertiary/aromatic N) is 2. The lowest BCUT2D eigenvalue weighted by molar-refractivity contribution is -0.384. The minimum atomic E-state index is -0.330. The van der Waals surface area contributed by atoms with Gasteiger partial charge in [-0.2, -0.15) is 0 Å². The fourth-order valence-electron chi connectivity index (χ4n) is 1.74. The van der Waals surface area contributed by atoms with E-state index in [9.17, 15) is 10.1 Å². The lowest BCUT2D eigenvalue weighted by Gasteiger charge is -2.22. The highest BCUT2D eigenvalue weighted by atomic mass is 16.6. The number of para-hydroxylation sites is 1. The van der Waals surface area contributed by atoms with Crippen molar-refractivity contribution < 1.29 is 4.92 Å². The molecular formula is C11H17N3O2. The fourth-order valence-corrected chi connectivity index (χ4v) is 1.74. The molecule has 0 heterocycles. The molecule has 1 aromatic carbocycles. The third-order valence-corrected chi connectivity index (χ3v) is 2.52. The van der Waals surface area contributed by atoms with Gasteiger partial charge in [0, 0.05) is 25.2 Å². The molecule has 0 atom stereocenters. The first kappa shape index (κ1) is 12.4. The quantitative estimate of drug-likeness (QED) is 0.609. The lowest BCUT2D eigenvalue weighted by Crippen LogP contribution is -2.29. The first-order valence-electron chi connectivity index (χ1n) is 5.30. The van der Waals surface area contributed by atoms with Gasteiger partial charge in [0.2, 0.25) is 0 Å². The van der Waals surface area contributed by atoms with Crippen LogP contribution in [-0.2, 0) is 0 Å². The summed E-state index contributed by atoms with van der Waals surface area (Å²) in [4.78, 5) is 12.6. The van der Waals surface area contributed by atoms with Crippen molar-refractivity contribution in [3.05, 3.63) is 33.9 Å². The molecule has 0 fully saturated rings. The molecule has 0 aliphatic carbocycles. The summed E-state index contributed by atoms with van der Waals surface area (Å²) < 4.78 is 0.